The average molecular weight is 287 g/mol. The van der Waals surface area contributed by atoms with Gasteiger partial charge in [-0.05, 0) is 31.2 Å². The van der Waals surface area contributed by atoms with E-state index in [0.717, 1.165) is 12.0 Å². The van der Waals surface area contributed by atoms with E-state index >= 15 is 0 Å². The summed E-state index contributed by atoms with van der Waals surface area (Å²) >= 11 is 5.00. The van der Waals surface area contributed by atoms with Crippen molar-refractivity contribution in [3.05, 3.63) is 29.3 Å². The number of halogens is 1. The highest BCUT2D eigenvalue weighted by atomic mass is 79.9. The van der Waals surface area contributed by atoms with E-state index in [1.807, 2.05) is 25.3 Å². The molecule has 82 valence electrons. The first-order valence-electron chi connectivity index (χ1n) is 4.95. The molecule has 1 unspecified atom stereocenters. The molecule has 1 aromatic rings. The van der Waals surface area contributed by atoms with E-state index in [1.165, 1.54) is 10.5 Å². The lowest BCUT2D eigenvalue weighted by atomic mass is 10.1. The van der Waals surface area contributed by atoms with Crippen molar-refractivity contribution in [1.82, 2.24) is 0 Å². The summed E-state index contributed by atoms with van der Waals surface area (Å²) in [6.07, 6.45) is 3.05. The molecule has 0 aliphatic heterocycles. The third kappa shape index (κ3) is 3.08. The summed E-state index contributed by atoms with van der Waals surface area (Å²) in [6, 6.07) is 5.96. The predicted molar refractivity (Wildman–Crippen MR) is 70.3 cm³/mol. The van der Waals surface area contributed by atoms with Gasteiger partial charge in [0.1, 0.15) is 0 Å². The number of ketones is 1. The number of rotatable bonds is 4. The Labute approximate surface area is 104 Å². The topological polar surface area (TPSA) is 17.1 Å². The van der Waals surface area contributed by atoms with Gasteiger partial charge in [-0.1, -0.05) is 35.0 Å². The van der Waals surface area contributed by atoms with E-state index in [0.29, 0.717) is 0 Å². The summed E-state index contributed by atoms with van der Waals surface area (Å²) in [5, 5.41) is 0. The van der Waals surface area contributed by atoms with Crippen LogP contribution in [0.15, 0.2) is 23.1 Å². The van der Waals surface area contributed by atoms with Crippen molar-refractivity contribution in [3.63, 3.8) is 0 Å². The van der Waals surface area contributed by atoms with Gasteiger partial charge in [-0.15, -0.1) is 11.8 Å². The van der Waals surface area contributed by atoms with Crippen molar-refractivity contribution in [3.8, 4) is 0 Å². The standard InChI is InChI=1S/C12H15BrOS/c1-4-9-5-6-10(7-11(9)15-3)12(14)8(2)13/h5-8H,4H2,1-3H3. The highest BCUT2D eigenvalue weighted by Gasteiger charge is 2.13. The molecule has 0 N–H and O–H groups in total. The van der Waals surface area contributed by atoms with Crippen molar-refractivity contribution in [2.75, 3.05) is 6.26 Å². The Morgan fingerprint density at radius 2 is 2.20 bits per heavy atom. The van der Waals surface area contributed by atoms with Crippen LogP contribution < -0.4 is 0 Å². The normalized spacial score (nSPS) is 12.5. The SMILES string of the molecule is CCc1ccc(C(=O)C(C)Br)cc1SC. The summed E-state index contributed by atoms with van der Waals surface area (Å²) in [5.74, 6) is 0.146. The summed E-state index contributed by atoms with van der Waals surface area (Å²) in [5.41, 5.74) is 2.10. The molecule has 0 radical (unpaired) electrons. The Balaban J connectivity index is 3.08. The molecule has 0 fully saturated rings. The van der Waals surface area contributed by atoms with Crippen LogP contribution in [0.3, 0.4) is 0 Å². The van der Waals surface area contributed by atoms with Gasteiger partial charge in [-0.2, -0.15) is 0 Å². The quantitative estimate of drug-likeness (QED) is 0.474. The third-order valence-corrected chi connectivity index (χ3v) is 3.55. The Morgan fingerprint density at radius 1 is 1.53 bits per heavy atom. The maximum Gasteiger partial charge on any atom is 0.176 e. The Hall–Kier alpha value is -0.280. The maximum absolute atomic E-state index is 11.8. The molecular formula is C12H15BrOS. The van der Waals surface area contributed by atoms with Gasteiger partial charge in [-0.3, -0.25) is 4.79 Å². The maximum atomic E-state index is 11.8. The lowest BCUT2D eigenvalue weighted by molar-refractivity contribution is 0.0995. The molecule has 0 spiro atoms. The molecular weight excluding hydrogens is 272 g/mol. The zero-order valence-corrected chi connectivity index (χ0v) is 11.6. The van der Waals surface area contributed by atoms with E-state index in [2.05, 4.69) is 28.9 Å². The highest BCUT2D eigenvalue weighted by Crippen LogP contribution is 2.23. The molecule has 15 heavy (non-hydrogen) atoms. The zero-order chi connectivity index (χ0) is 11.4. The first-order valence-corrected chi connectivity index (χ1v) is 7.09. The fourth-order valence-corrected chi connectivity index (χ4v) is 2.40. The fourth-order valence-electron chi connectivity index (χ4n) is 1.42. The molecule has 1 rings (SSSR count). The van der Waals surface area contributed by atoms with Crippen LogP contribution in [0.5, 0.6) is 0 Å². The lowest BCUT2D eigenvalue weighted by Crippen LogP contribution is -2.10. The smallest absolute Gasteiger partial charge is 0.176 e. The minimum atomic E-state index is -0.111. The van der Waals surface area contributed by atoms with Crippen LogP contribution in [0.1, 0.15) is 29.8 Å². The van der Waals surface area contributed by atoms with E-state index in [1.54, 1.807) is 11.8 Å². The highest BCUT2D eigenvalue weighted by molar-refractivity contribution is 9.10. The number of alkyl halides is 1. The summed E-state index contributed by atoms with van der Waals surface area (Å²) in [4.78, 5) is 12.8. The third-order valence-electron chi connectivity index (χ3n) is 2.31. The van der Waals surface area contributed by atoms with E-state index in [9.17, 15) is 4.79 Å². The molecule has 0 aromatic heterocycles. The number of hydrogen-bond donors (Lipinski definition) is 0. The molecule has 1 nitrogen and oxygen atoms in total. The number of aryl methyl sites for hydroxylation is 1. The molecule has 0 amide bonds. The molecule has 0 heterocycles. The minimum Gasteiger partial charge on any atom is -0.293 e. The molecule has 1 atom stereocenters. The van der Waals surface area contributed by atoms with Gasteiger partial charge in [-0.25, -0.2) is 0 Å². The van der Waals surface area contributed by atoms with Crippen molar-refractivity contribution in [1.29, 1.82) is 0 Å². The predicted octanol–water partition coefficient (Wildman–Crippen LogP) is 3.94. The van der Waals surface area contributed by atoms with Crippen LogP contribution in [0.4, 0.5) is 0 Å². The van der Waals surface area contributed by atoms with Gasteiger partial charge in [0.15, 0.2) is 5.78 Å². The molecule has 0 aliphatic rings. The van der Waals surface area contributed by atoms with Crippen LogP contribution in [0.2, 0.25) is 0 Å². The van der Waals surface area contributed by atoms with Crippen LogP contribution in [0, 0.1) is 0 Å². The van der Waals surface area contributed by atoms with Gasteiger partial charge >= 0.3 is 0 Å². The summed E-state index contributed by atoms with van der Waals surface area (Å²) < 4.78 is 0. The van der Waals surface area contributed by atoms with E-state index < -0.39 is 0 Å². The second-order valence-corrected chi connectivity index (χ2v) is 5.58. The summed E-state index contributed by atoms with van der Waals surface area (Å²) in [6.45, 7) is 3.98. The van der Waals surface area contributed by atoms with Crippen LogP contribution >= 0.6 is 27.7 Å². The number of carbonyl (C=O) groups is 1. The molecule has 1 aromatic carbocycles. The number of thioether (sulfide) groups is 1. The molecule has 0 saturated heterocycles. The molecule has 0 saturated carbocycles. The molecule has 3 heteroatoms. The van der Waals surface area contributed by atoms with E-state index in [4.69, 9.17) is 0 Å². The number of carbonyl (C=O) groups excluding carboxylic acids is 1. The van der Waals surface area contributed by atoms with Crippen LogP contribution in [-0.4, -0.2) is 16.9 Å². The molecule has 0 bridgehead atoms. The monoisotopic (exact) mass is 286 g/mol. The largest absolute Gasteiger partial charge is 0.293 e. The van der Waals surface area contributed by atoms with Gasteiger partial charge in [0.2, 0.25) is 0 Å². The number of benzene rings is 1. The average Bonchev–Trinajstić information content (AvgIpc) is 2.26. The lowest BCUT2D eigenvalue weighted by Gasteiger charge is -2.08. The Morgan fingerprint density at radius 3 is 2.67 bits per heavy atom. The van der Waals surface area contributed by atoms with Crippen molar-refractivity contribution in [2.24, 2.45) is 0 Å². The number of hydrogen-bond acceptors (Lipinski definition) is 2. The van der Waals surface area contributed by atoms with Crippen molar-refractivity contribution < 1.29 is 4.79 Å². The first-order chi connectivity index (χ1) is 7.10. The van der Waals surface area contributed by atoms with Crippen LogP contribution in [-0.2, 0) is 6.42 Å². The first kappa shape index (κ1) is 12.8. The second-order valence-electron chi connectivity index (χ2n) is 3.36. The van der Waals surface area contributed by atoms with Crippen LogP contribution in [0.25, 0.3) is 0 Å². The van der Waals surface area contributed by atoms with Gasteiger partial charge in [0.25, 0.3) is 0 Å². The van der Waals surface area contributed by atoms with Crippen molar-refractivity contribution >= 4 is 33.5 Å². The fraction of sp³-hybridized carbons (Fsp3) is 0.417. The van der Waals surface area contributed by atoms with Gasteiger partial charge < -0.3 is 0 Å². The zero-order valence-electron chi connectivity index (χ0n) is 9.21. The van der Waals surface area contributed by atoms with Gasteiger partial charge in [0.05, 0.1) is 4.83 Å². The Kier molecular flexibility index (Phi) is 4.87. The van der Waals surface area contributed by atoms with Gasteiger partial charge in [0, 0.05) is 10.5 Å². The van der Waals surface area contributed by atoms with Crippen molar-refractivity contribution in [2.45, 2.75) is 30.0 Å². The molecule has 0 aliphatic carbocycles. The second kappa shape index (κ2) is 5.71. The minimum absolute atomic E-state index is 0.111. The summed E-state index contributed by atoms with van der Waals surface area (Å²) in [7, 11) is 0. The number of Topliss-reactive ketones (excluding diaryl/α,β-unsaturated/α-hetero) is 1. The Bertz CT molecular complexity index is 361. The van der Waals surface area contributed by atoms with E-state index in [-0.39, 0.29) is 10.6 Å².